The molecule has 0 atom stereocenters. The number of morpholine rings is 1. The molecule has 6 nitrogen and oxygen atoms in total. The summed E-state index contributed by atoms with van der Waals surface area (Å²) >= 11 is 0. The molecule has 1 saturated heterocycles. The Hall–Kier alpha value is -1.70. The van der Waals surface area contributed by atoms with E-state index in [0.29, 0.717) is 31.2 Å². The Morgan fingerprint density at radius 1 is 1.24 bits per heavy atom. The van der Waals surface area contributed by atoms with E-state index in [9.17, 15) is 8.42 Å². The molecule has 1 N–H and O–H groups in total. The highest BCUT2D eigenvalue weighted by Gasteiger charge is 2.28. The predicted molar refractivity (Wildman–Crippen MR) is 78.3 cm³/mol. The predicted octanol–water partition coefficient (Wildman–Crippen LogP) is 1.41. The van der Waals surface area contributed by atoms with Crippen LogP contribution in [0.3, 0.4) is 0 Å². The number of nitrogens with zero attached hydrogens (tertiary/aromatic N) is 2. The van der Waals surface area contributed by atoms with E-state index in [2.05, 4.69) is 10.2 Å². The number of H-pyrrole nitrogens is 1. The van der Waals surface area contributed by atoms with Crippen molar-refractivity contribution in [2.75, 3.05) is 26.3 Å². The van der Waals surface area contributed by atoms with Gasteiger partial charge in [-0.05, 0) is 24.1 Å². The summed E-state index contributed by atoms with van der Waals surface area (Å²) in [4.78, 5) is 0.350. The summed E-state index contributed by atoms with van der Waals surface area (Å²) in [7, 11) is -3.48. The van der Waals surface area contributed by atoms with Gasteiger partial charge in [-0.1, -0.05) is 12.1 Å². The van der Waals surface area contributed by atoms with Crippen LogP contribution < -0.4 is 0 Å². The van der Waals surface area contributed by atoms with Crippen LogP contribution in [-0.2, 0) is 14.8 Å². The standard InChI is InChI=1S/C14H17N3O3S/c1-11-2-3-12(13-9-15-16-10-13)8-14(11)21(18,19)17-4-6-20-7-5-17/h2-3,8-10H,4-7H2,1H3,(H,15,16). The van der Waals surface area contributed by atoms with Gasteiger partial charge in [-0.2, -0.15) is 9.40 Å². The van der Waals surface area contributed by atoms with Crippen LogP contribution in [0.1, 0.15) is 5.56 Å². The molecule has 0 radical (unpaired) electrons. The van der Waals surface area contributed by atoms with Crippen molar-refractivity contribution in [1.29, 1.82) is 0 Å². The molecule has 0 spiro atoms. The van der Waals surface area contributed by atoms with Crippen molar-refractivity contribution in [3.63, 3.8) is 0 Å². The van der Waals surface area contributed by atoms with Crippen molar-refractivity contribution < 1.29 is 13.2 Å². The van der Waals surface area contributed by atoms with Crippen LogP contribution in [0.5, 0.6) is 0 Å². The highest BCUT2D eigenvalue weighted by atomic mass is 32.2. The minimum Gasteiger partial charge on any atom is -0.379 e. The van der Waals surface area contributed by atoms with E-state index < -0.39 is 10.0 Å². The van der Waals surface area contributed by atoms with Gasteiger partial charge in [0.1, 0.15) is 0 Å². The maximum Gasteiger partial charge on any atom is 0.243 e. The van der Waals surface area contributed by atoms with Crippen LogP contribution in [0, 0.1) is 6.92 Å². The Morgan fingerprint density at radius 3 is 2.67 bits per heavy atom. The first-order valence-corrected chi connectivity index (χ1v) is 8.21. The summed E-state index contributed by atoms with van der Waals surface area (Å²) in [5.41, 5.74) is 2.45. The zero-order valence-corrected chi connectivity index (χ0v) is 12.6. The Morgan fingerprint density at radius 2 is 2.00 bits per heavy atom. The molecule has 1 fully saturated rings. The van der Waals surface area contributed by atoms with Crippen molar-refractivity contribution in [2.24, 2.45) is 0 Å². The van der Waals surface area contributed by atoms with Crippen LogP contribution >= 0.6 is 0 Å². The second-order valence-corrected chi connectivity index (χ2v) is 6.89. The third-order valence-corrected chi connectivity index (χ3v) is 5.65. The number of ether oxygens (including phenoxy) is 1. The molecule has 0 aliphatic carbocycles. The summed E-state index contributed by atoms with van der Waals surface area (Å²) < 4.78 is 32.3. The fourth-order valence-electron chi connectivity index (χ4n) is 2.39. The molecule has 1 aliphatic heterocycles. The summed E-state index contributed by atoms with van der Waals surface area (Å²) in [5.74, 6) is 0. The number of sulfonamides is 1. The number of nitrogens with one attached hydrogen (secondary N) is 1. The molecular weight excluding hydrogens is 290 g/mol. The van der Waals surface area contributed by atoms with Crippen molar-refractivity contribution in [3.05, 3.63) is 36.2 Å². The first-order valence-electron chi connectivity index (χ1n) is 6.77. The third kappa shape index (κ3) is 2.72. The van der Waals surface area contributed by atoms with Gasteiger partial charge in [0.15, 0.2) is 0 Å². The molecule has 21 heavy (non-hydrogen) atoms. The number of aromatic nitrogens is 2. The van der Waals surface area contributed by atoms with E-state index in [1.807, 2.05) is 19.1 Å². The normalized spacial score (nSPS) is 17.0. The Kier molecular flexibility index (Phi) is 3.79. The second-order valence-electron chi connectivity index (χ2n) is 4.98. The zero-order chi connectivity index (χ0) is 14.9. The van der Waals surface area contributed by atoms with Crippen molar-refractivity contribution >= 4 is 10.0 Å². The fourth-order valence-corrected chi connectivity index (χ4v) is 4.05. The average Bonchev–Trinajstić information content (AvgIpc) is 3.03. The maximum absolute atomic E-state index is 12.8. The number of aryl methyl sites for hydroxylation is 1. The second kappa shape index (κ2) is 5.59. The minimum absolute atomic E-state index is 0.350. The van der Waals surface area contributed by atoms with E-state index >= 15 is 0 Å². The summed E-state index contributed by atoms with van der Waals surface area (Å²) in [6.45, 7) is 3.50. The van der Waals surface area contributed by atoms with E-state index in [4.69, 9.17) is 4.74 Å². The third-order valence-electron chi connectivity index (χ3n) is 3.61. The number of aromatic amines is 1. The molecule has 0 bridgehead atoms. The van der Waals surface area contributed by atoms with Crippen molar-refractivity contribution in [1.82, 2.24) is 14.5 Å². The van der Waals surface area contributed by atoms with E-state index in [1.54, 1.807) is 18.5 Å². The van der Waals surface area contributed by atoms with Crippen molar-refractivity contribution in [3.8, 4) is 11.1 Å². The molecule has 0 unspecified atom stereocenters. The van der Waals surface area contributed by atoms with Gasteiger partial charge in [0.25, 0.3) is 0 Å². The van der Waals surface area contributed by atoms with Crippen LogP contribution in [0.25, 0.3) is 11.1 Å². The maximum atomic E-state index is 12.8. The molecule has 7 heteroatoms. The van der Waals surface area contributed by atoms with Gasteiger partial charge in [-0.3, -0.25) is 5.10 Å². The molecule has 112 valence electrons. The number of hydrogen-bond donors (Lipinski definition) is 1. The van der Waals surface area contributed by atoms with Crippen LogP contribution in [-0.4, -0.2) is 49.2 Å². The lowest BCUT2D eigenvalue weighted by molar-refractivity contribution is 0.0730. The molecule has 1 aromatic heterocycles. The van der Waals surface area contributed by atoms with Crippen LogP contribution in [0.4, 0.5) is 0 Å². The quantitative estimate of drug-likeness (QED) is 0.930. The summed E-state index contributed by atoms with van der Waals surface area (Å²) in [5, 5.41) is 6.64. The summed E-state index contributed by atoms with van der Waals surface area (Å²) in [6.07, 6.45) is 3.42. The molecule has 3 rings (SSSR count). The Bertz CT molecular complexity index is 720. The Balaban J connectivity index is 2.02. The number of benzene rings is 1. The lowest BCUT2D eigenvalue weighted by Gasteiger charge is -2.26. The largest absolute Gasteiger partial charge is 0.379 e. The van der Waals surface area contributed by atoms with Crippen LogP contribution in [0.2, 0.25) is 0 Å². The average molecular weight is 307 g/mol. The van der Waals surface area contributed by atoms with E-state index in [-0.39, 0.29) is 0 Å². The van der Waals surface area contributed by atoms with Crippen molar-refractivity contribution in [2.45, 2.75) is 11.8 Å². The van der Waals surface area contributed by atoms with Gasteiger partial charge in [-0.25, -0.2) is 8.42 Å². The number of rotatable bonds is 3. The van der Waals surface area contributed by atoms with Gasteiger partial charge in [0.2, 0.25) is 10.0 Å². The first-order chi connectivity index (χ1) is 10.1. The fraction of sp³-hybridized carbons (Fsp3) is 0.357. The van der Waals surface area contributed by atoms with E-state index in [0.717, 1.165) is 16.7 Å². The number of hydrogen-bond acceptors (Lipinski definition) is 4. The van der Waals surface area contributed by atoms with Gasteiger partial charge < -0.3 is 4.74 Å². The lowest BCUT2D eigenvalue weighted by Crippen LogP contribution is -2.40. The highest BCUT2D eigenvalue weighted by Crippen LogP contribution is 2.26. The van der Waals surface area contributed by atoms with Gasteiger partial charge in [-0.15, -0.1) is 0 Å². The SMILES string of the molecule is Cc1ccc(-c2cn[nH]c2)cc1S(=O)(=O)N1CCOCC1. The molecule has 2 aromatic rings. The summed E-state index contributed by atoms with van der Waals surface area (Å²) in [6, 6.07) is 5.44. The molecule has 1 aliphatic rings. The molecular formula is C14H17N3O3S. The Labute approximate surface area is 123 Å². The van der Waals surface area contributed by atoms with E-state index in [1.165, 1.54) is 4.31 Å². The first kappa shape index (κ1) is 14.2. The van der Waals surface area contributed by atoms with Gasteiger partial charge in [0.05, 0.1) is 24.3 Å². The molecule has 2 heterocycles. The lowest BCUT2D eigenvalue weighted by atomic mass is 10.1. The van der Waals surface area contributed by atoms with Gasteiger partial charge in [0, 0.05) is 24.8 Å². The monoisotopic (exact) mass is 307 g/mol. The van der Waals surface area contributed by atoms with Crippen LogP contribution in [0.15, 0.2) is 35.5 Å². The molecule has 1 aromatic carbocycles. The highest BCUT2D eigenvalue weighted by molar-refractivity contribution is 7.89. The zero-order valence-electron chi connectivity index (χ0n) is 11.7. The molecule has 0 saturated carbocycles. The smallest absolute Gasteiger partial charge is 0.243 e. The topological polar surface area (TPSA) is 75.3 Å². The van der Waals surface area contributed by atoms with Gasteiger partial charge >= 0.3 is 0 Å². The molecule has 0 amide bonds. The minimum atomic E-state index is -3.48.